The lowest BCUT2D eigenvalue weighted by molar-refractivity contribution is -0.115. The maximum Gasteiger partial charge on any atom is 0.230 e. The number of nitrogens with zero attached hydrogens (tertiary/aromatic N) is 1. The predicted octanol–water partition coefficient (Wildman–Crippen LogP) is 5.06. The van der Waals surface area contributed by atoms with E-state index in [0.29, 0.717) is 34.5 Å². The highest BCUT2D eigenvalue weighted by Crippen LogP contribution is 2.36. The highest BCUT2D eigenvalue weighted by atomic mass is 35.5. The van der Waals surface area contributed by atoms with E-state index in [-0.39, 0.29) is 12.3 Å². The molecule has 1 heterocycles. The highest BCUT2D eigenvalue weighted by Gasteiger charge is 2.15. The molecule has 8 heteroatoms. The molecule has 3 rings (SSSR count). The molecule has 1 amide bonds. The van der Waals surface area contributed by atoms with Gasteiger partial charge in [0.15, 0.2) is 11.5 Å². The van der Waals surface area contributed by atoms with E-state index in [1.807, 2.05) is 36.6 Å². The molecule has 0 atom stereocenters. The monoisotopic (exact) mass is 432 g/mol. The topological polar surface area (TPSA) is 69.7 Å². The fraction of sp³-hybridized carbons (Fsp3) is 0.238. The standard InChI is InChI=1S/C21H21ClN2O4S/c1-4-28-17-8-6-5-7-14(17)21-23-13(12-29-21)9-20(25)24-16-11-19(27-3)18(26-2)10-15(16)22/h5-8,10-12H,4,9H2,1-3H3,(H,24,25). The van der Waals surface area contributed by atoms with Gasteiger partial charge in [0, 0.05) is 17.5 Å². The number of ether oxygens (including phenoxy) is 3. The van der Waals surface area contributed by atoms with Crippen LogP contribution in [0.3, 0.4) is 0 Å². The van der Waals surface area contributed by atoms with Crippen LogP contribution in [-0.4, -0.2) is 31.7 Å². The van der Waals surface area contributed by atoms with Crippen molar-refractivity contribution in [2.24, 2.45) is 0 Å². The Hall–Kier alpha value is -2.77. The third-order valence-electron chi connectivity index (χ3n) is 4.06. The molecular weight excluding hydrogens is 412 g/mol. The van der Waals surface area contributed by atoms with Crippen molar-refractivity contribution in [1.29, 1.82) is 0 Å². The molecular formula is C21H21ClN2O4S. The number of methoxy groups -OCH3 is 2. The Bertz CT molecular complexity index is 1010. The summed E-state index contributed by atoms with van der Waals surface area (Å²) in [6, 6.07) is 10.9. The molecule has 29 heavy (non-hydrogen) atoms. The quantitative estimate of drug-likeness (QED) is 0.538. The molecule has 6 nitrogen and oxygen atoms in total. The molecule has 0 bridgehead atoms. The van der Waals surface area contributed by atoms with E-state index < -0.39 is 0 Å². The van der Waals surface area contributed by atoms with E-state index in [1.54, 1.807) is 12.1 Å². The van der Waals surface area contributed by atoms with Crippen molar-refractivity contribution in [3.05, 3.63) is 52.5 Å². The van der Waals surface area contributed by atoms with Crippen molar-refractivity contribution in [1.82, 2.24) is 4.98 Å². The van der Waals surface area contributed by atoms with Crippen LogP contribution in [0.5, 0.6) is 17.2 Å². The first-order valence-electron chi connectivity index (χ1n) is 8.93. The summed E-state index contributed by atoms with van der Waals surface area (Å²) in [6.45, 7) is 2.51. The Morgan fingerprint density at radius 1 is 1.14 bits per heavy atom. The smallest absolute Gasteiger partial charge is 0.230 e. The number of para-hydroxylation sites is 1. The summed E-state index contributed by atoms with van der Waals surface area (Å²) in [5.74, 6) is 1.52. The molecule has 152 valence electrons. The molecule has 0 fully saturated rings. The molecule has 0 unspecified atom stereocenters. The normalized spacial score (nSPS) is 10.5. The number of carbonyl (C=O) groups is 1. The van der Waals surface area contributed by atoms with Gasteiger partial charge in [-0.25, -0.2) is 4.98 Å². The van der Waals surface area contributed by atoms with Crippen LogP contribution in [0.15, 0.2) is 41.8 Å². The minimum atomic E-state index is -0.228. The molecule has 0 aliphatic rings. The second kappa shape index (κ2) is 9.62. The molecule has 0 saturated carbocycles. The first kappa shape index (κ1) is 21.0. The third kappa shape index (κ3) is 4.99. The van der Waals surface area contributed by atoms with Gasteiger partial charge in [0.25, 0.3) is 0 Å². The fourth-order valence-electron chi connectivity index (χ4n) is 2.75. The average molecular weight is 433 g/mol. The molecule has 0 saturated heterocycles. The summed E-state index contributed by atoms with van der Waals surface area (Å²) >= 11 is 7.71. The van der Waals surface area contributed by atoms with E-state index in [4.69, 9.17) is 25.8 Å². The lowest BCUT2D eigenvalue weighted by atomic mass is 10.2. The van der Waals surface area contributed by atoms with Gasteiger partial charge in [-0.3, -0.25) is 4.79 Å². The first-order chi connectivity index (χ1) is 14.0. The minimum Gasteiger partial charge on any atom is -0.493 e. The molecule has 2 aromatic carbocycles. The number of anilines is 1. The predicted molar refractivity (Wildman–Crippen MR) is 116 cm³/mol. The van der Waals surface area contributed by atoms with Crippen molar-refractivity contribution < 1.29 is 19.0 Å². The number of aromatic nitrogens is 1. The Kier molecular flexibility index (Phi) is 6.95. The maximum absolute atomic E-state index is 12.5. The number of nitrogens with one attached hydrogen (secondary N) is 1. The zero-order chi connectivity index (χ0) is 20.8. The zero-order valence-corrected chi connectivity index (χ0v) is 17.9. The molecule has 1 aromatic heterocycles. The van der Waals surface area contributed by atoms with Crippen LogP contribution in [0.1, 0.15) is 12.6 Å². The Labute approximate surface area is 178 Å². The molecule has 0 aliphatic carbocycles. The Morgan fingerprint density at radius 3 is 2.59 bits per heavy atom. The van der Waals surface area contributed by atoms with Crippen LogP contribution in [0.25, 0.3) is 10.6 Å². The van der Waals surface area contributed by atoms with Crippen molar-refractivity contribution in [2.45, 2.75) is 13.3 Å². The van der Waals surface area contributed by atoms with Gasteiger partial charge in [-0.2, -0.15) is 0 Å². The van der Waals surface area contributed by atoms with Gasteiger partial charge in [-0.1, -0.05) is 23.7 Å². The van der Waals surface area contributed by atoms with Crippen LogP contribution < -0.4 is 19.5 Å². The Morgan fingerprint density at radius 2 is 1.86 bits per heavy atom. The number of amides is 1. The van der Waals surface area contributed by atoms with Gasteiger partial charge < -0.3 is 19.5 Å². The summed E-state index contributed by atoms with van der Waals surface area (Å²) in [5, 5.41) is 5.84. The van der Waals surface area contributed by atoms with Crippen molar-refractivity contribution in [2.75, 3.05) is 26.1 Å². The number of halogens is 1. The van der Waals surface area contributed by atoms with Gasteiger partial charge in [-0.05, 0) is 19.1 Å². The van der Waals surface area contributed by atoms with Gasteiger partial charge in [0.1, 0.15) is 10.8 Å². The largest absolute Gasteiger partial charge is 0.493 e. The second-order valence-corrected chi connectivity index (χ2v) is 7.25. The number of hydrogen-bond donors (Lipinski definition) is 1. The molecule has 0 spiro atoms. The number of thiazole rings is 1. The Balaban J connectivity index is 1.73. The zero-order valence-electron chi connectivity index (χ0n) is 16.3. The van der Waals surface area contributed by atoms with Gasteiger partial charge in [0.05, 0.1) is 49.2 Å². The number of hydrogen-bond acceptors (Lipinski definition) is 6. The minimum absolute atomic E-state index is 0.123. The SMILES string of the molecule is CCOc1ccccc1-c1nc(CC(=O)Nc2cc(OC)c(OC)cc2Cl)cs1. The van der Waals surface area contributed by atoms with Crippen molar-refractivity contribution in [3.8, 4) is 27.8 Å². The lowest BCUT2D eigenvalue weighted by Crippen LogP contribution is -2.15. The molecule has 1 N–H and O–H groups in total. The van der Waals surface area contributed by atoms with Crippen molar-refractivity contribution in [3.63, 3.8) is 0 Å². The number of benzene rings is 2. The molecule has 3 aromatic rings. The first-order valence-corrected chi connectivity index (χ1v) is 10.2. The molecule has 0 aliphatic heterocycles. The van der Waals surface area contributed by atoms with Gasteiger partial charge in [0.2, 0.25) is 5.91 Å². The summed E-state index contributed by atoms with van der Waals surface area (Å²) in [5.41, 5.74) is 2.03. The number of rotatable bonds is 8. The van der Waals surface area contributed by atoms with E-state index >= 15 is 0 Å². The lowest BCUT2D eigenvalue weighted by Gasteiger charge is -2.12. The van der Waals surface area contributed by atoms with Gasteiger partial charge >= 0.3 is 0 Å². The van der Waals surface area contributed by atoms with Crippen LogP contribution in [-0.2, 0) is 11.2 Å². The van der Waals surface area contributed by atoms with Crippen molar-refractivity contribution >= 4 is 34.5 Å². The number of carbonyl (C=O) groups excluding carboxylic acids is 1. The van der Waals surface area contributed by atoms with E-state index in [0.717, 1.165) is 16.3 Å². The van der Waals surface area contributed by atoms with E-state index in [1.165, 1.54) is 25.6 Å². The maximum atomic E-state index is 12.5. The van der Waals surface area contributed by atoms with Crippen LogP contribution in [0.2, 0.25) is 5.02 Å². The average Bonchev–Trinajstić information content (AvgIpc) is 3.18. The third-order valence-corrected chi connectivity index (χ3v) is 5.30. The summed E-state index contributed by atoms with van der Waals surface area (Å²) in [4.78, 5) is 17.1. The van der Waals surface area contributed by atoms with Crippen LogP contribution >= 0.6 is 22.9 Å². The summed E-state index contributed by atoms with van der Waals surface area (Å²) in [7, 11) is 3.05. The van der Waals surface area contributed by atoms with E-state index in [2.05, 4.69) is 10.3 Å². The second-order valence-electron chi connectivity index (χ2n) is 5.99. The van der Waals surface area contributed by atoms with Crippen LogP contribution in [0, 0.1) is 0 Å². The van der Waals surface area contributed by atoms with Crippen LogP contribution in [0.4, 0.5) is 5.69 Å². The fourth-order valence-corrected chi connectivity index (χ4v) is 3.80. The summed E-state index contributed by atoms with van der Waals surface area (Å²) < 4.78 is 16.1. The molecule has 0 radical (unpaired) electrons. The highest BCUT2D eigenvalue weighted by molar-refractivity contribution is 7.13. The summed E-state index contributed by atoms with van der Waals surface area (Å²) in [6.07, 6.45) is 0.123. The van der Waals surface area contributed by atoms with E-state index in [9.17, 15) is 4.79 Å². The van der Waals surface area contributed by atoms with Gasteiger partial charge in [-0.15, -0.1) is 11.3 Å².